The van der Waals surface area contributed by atoms with E-state index in [0.29, 0.717) is 24.5 Å². The Bertz CT molecular complexity index is 717. The van der Waals surface area contributed by atoms with Crippen LogP contribution in [0.5, 0.6) is 5.75 Å². The van der Waals surface area contributed by atoms with E-state index in [4.69, 9.17) is 16.3 Å². The second-order valence-corrected chi connectivity index (χ2v) is 5.77. The van der Waals surface area contributed by atoms with Crippen LogP contribution in [0.3, 0.4) is 0 Å². The number of hydrogen-bond acceptors (Lipinski definition) is 4. The lowest BCUT2D eigenvalue weighted by atomic mass is 10.2. The van der Waals surface area contributed by atoms with Crippen molar-refractivity contribution >= 4 is 23.2 Å². The van der Waals surface area contributed by atoms with E-state index in [0.717, 1.165) is 22.6 Å². The molecule has 1 amide bonds. The summed E-state index contributed by atoms with van der Waals surface area (Å²) in [5, 5.41) is 4.77. The molecule has 0 spiro atoms. The van der Waals surface area contributed by atoms with Crippen LogP contribution < -0.4 is 10.2 Å². The number of carbonyl (C=O) groups is 1. The molecular formula is C18H20ClN3O2. The molecule has 24 heavy (non-hydrogen) atoms. The number of pyridine rings is 1. The Kier molecular flexibility index (Phi) is 6.75. The Morgan fingerprint density at radius 2 is 2.04 bits per heavy atom. The first-order chi connectivity index (χ1) is 11.6. The van der Waals surface area contributed by atoms with Crippen LogP contribution in [0.25, 0.3) is 0 Å². The quantitative estimate of drug-likeness (QED) is 0.472. The highest BCUT2D eigenvalue weighted by Crippen LogP contribution is 2.21. The summed E-state index contributed by atoms with van der Waals surface area (Å²) in [7, 11) is 0. The minimum Gasteiger partial charge on any atom is -0.493 e. The number of aromatic nitrogens is 1. The van der Waals surface area contributed by atoms with E-state index in [1.807, 2.05) is 38.1 Å². The number of halogens is 1. The molecule has 0 atom stereocenters. The minimum absolute atomic E-state index is 0.139. The molecule has 1 aromatic heterocycles. The maximum absolute atomic E-state index is 11.8. The molecule has 1 heterocycles. The molecule has 2 rings (SSSR count). The minimum atomic E-state index is -0.139. The summed E-state index contributed by atoms with van der Waals surface area (Å²) in [6.07, 6.45) is 4.33. The number of nitrogens with one attached hydrogen (secondary N) is 1. The monoisotopic (exact) mass is 345 g/mol. The Labute approximate surface area is 146 Å². The van der Waals surface area contributed by atoms with Gasteiger partial charge in [0.1, 0.15) is 5.75 Å². The first-order valence-electron chi connectivity index (χ1n) is 7.69. The fraction of sp³-hybridized carbons (Fsp3) is 0.278. The third kappa shape index (κ3) is 5.66. The first kappa shape index (κ1) is 17.9. The predicted molar refractivity (Wildman–Crippen MR) is 95.5 cm³/mol. The van der Waals surface area contributed by atoms with Gasteiger partial charge in [0.15, 0.2) is 0 Å². The average Bonchev–Trinajstić information content (AvgIpc) is 2.59. The number of carbonyl (C=O) groups excluding carboxylic acids is 1. The molecule has 5 nitrogen and oxygen atoms in total. The molecule has 6 heteroatoms. The van der Waals surface area contributed by atoms with E-state index in [9.17, 15) is 4.79 Å². The number of benzene rings is 1. The van der Waals surface area contributed by atoms with Gasteiger partial charge in [-0.3, -0.25) is 9.78 Å². The third-order valence-corrected chi connectivity index (χ3v) is 3.62. The summed E-state index contributed by atoms with van der Waals surface area (Å²) in [5.74, 6) is 0.645. The van der Waals surface area contributed by atoms with E-state index in [2.05, 4.69) is 15.5 Å². The van der Waals surface area contributed by atoms with Crippen LogP contribution >= 0.6 is 11.6 Å². The van der Waals surface area contributed by atoms with E-state index >= 15 is 0 Å². The number of aryl methyl sites for hydroxylation is 1. The van der Waals surface area contributed by atoms with Crippen molar-refractivity contribution < 1.29 is 9.53 Å². The Hall–Kier alpha value is -2.40. The number of ether oxygens (including phenoxy) is 1. The van der Waals surface area contributed by atoms with Gasteiger partial charge in [-0.15, -0.1) is 0 Å². The van der Waals surface area contributed by atoms with Gasteiger partial charge in [0.05, 0.1) is 12.3 Å². The van der Waals surface area contributed by atoms with E-state index in [1.165, 1.54) is 0 Å². The highest BCUT2D eigenvalue weighted by atomic mass is 35.5. The van der Waals surface area contributed by atoms with Gasteiger partial charge in [0.25, 0.3) is 0 Å². The maximum Gasteiger partial charge on any atom is 0.240 e. The fourth-order valence-corrected chi connectivity index (χ4v) is 2.28. The average molecular weight is 346 g/mol. The number of amides is 1. The molecule has 0 aliphatic rings. The zero-order chi connectivity index (χ0) is 17.4. The fourth-order valence-electron chi connectivity index (χ4n) is 2.05. The Morgan fingerprint density at radius 1 is 1.29 bits per heavy atom. The summed E-state index contributed by atoms with van der Waals surface area (Å²) >= 11 is 5.90. The Balaban J connectivity index is 1.72. The van der Waals surface area contributed by atoms with E-state index in [-0.39, 0.29) is 5.91 Å². The largest absolute Gasteiger partial charge is 0.493 e. The smallest absolute Gasteiger partial charge is 0.240 e. The summed E-state index contributed by atoms with van der Waals surface area (Å²) < 4.78 is 5.66. The third-order valence-electron chi connectivity index (χ3n) is 3.39. The normalized spacial score (nSPS) is 11.2. The first-order valence-corrected chi connectivity index (χ1v) is 8.06. The Morgan fingerprint density at radius 3 is 2.75 bits per heavy atom. The van der Waals surface area contributed by atoms with Crippen LogP contribution in [-0.2, 0) is 4.79 Å². The van der Waals surface area contributed by atoms with Crippen molar-refractivity contribution in [2.45, 2.75) is 26.7 Å². The van der Waals surface area contributed by atoms with Gasteiger partial charge in [-0.2, -0.15) is 5.10 Å². The highest BCUT2D eigenvalue weighted by molar-refractivity contribution is 6.30. The topological polar surface area (TPSA) is 63.6 Å². The molecule has 0 bridgehead atoms. The lowest BCUT2D eigenvalue weighted by Gasteiger charge is -2.09. The van der Waals surface area contributed by atoms with Crippen molar-refractivity contribution in [3.05, 3.63) is 58.9 Å². The van der Waals surface area contributed by atoms with Gasteiger partial charge in [-0.25, -0.2) is 5.43 Å². The molecule has 0 unspecified atom stereocenters. The molecule has 126 valence electrons. The van der Waals surface area contributed by atoms with Crippen molar-refractivity contribution in [1.82, 2.24) is 10.4 Å². The van der Waals surface area contributed by atoms with Gasteiger partial charge < -0.3 is 4.74 Å². The number of hydrogen-bond donors (Lipinski definition) is 1. The molecular weight excluding hydrogens is 326 g/mol. The molecule has 0 saturated heterocycles. The van der Waals surface area contributed by atoms with Crippen LogP contribution in [0.15, 0.2) is 47.8 Å². The van der Waals surface area contributed by atoms with Crippen molar-refractivity contribution in [2.75, 3.05) is 6.61 Å². The summed E-state index contributed by atoms with van der Waals surface area (Å²) in [4.78, 5) is 15.7. The molecule has 0 radical (unpaired) electrons. The number of nitrogens with zero attached hydrogens (tertiary/aromatic N) is 2. The molecule has 0 fully saturated rings. The zero-order valence-electron chi connectivity index (χ0n) is 13.8. The number of rotatable bonds is 7. The molecule has 1 aromatic carbocycles. The van der Waals surface area contributed by atoms with Crippen LogP contribution in [0.1, 0.15) is 30.9 Å². The summed E-state index contributed by atoms with van der Waals surface area (Å²) in [6.45, 7) is 4.23. The standard InChI is InChI=1S/C18H20ClN3O2/c1-13-12-16(19)5-6-17(13)24-11-3-4-18(23)22-21-14(2)15-7-9-20-10-8-15/h5-10,12H,3-4,11H2,1-2H3,(H,22,23). The second kappa shape index (κ2) is 9.03. The van der Waals surface area contributed by atoms with Gasteiger partial charge in [0, 0.05) is 29.4 Å². The van der Waals surface area contributed by atoms with E-state index < -0.39 is 0 Å². The molecule has 1 N–H and O–H groups in total. The summed E-state index contributed by atoms with van der Waals surface area (Å²) in [6, 6.07) is 9.15. The van der Waals surface area contributed by atoms with Crippen LogP contribution in [-0.4, -0.2) is 23.2 Å². The predicted octanol–water partition coefficient (Wildman–Crippen LogP) is 3.74. The van der Waals surface area contributed by atoms with Gasteiger partial charge in [-0.05, 0) is 56.2 Å². The van der Waals surface area contributed by atoms with Crippen molar-refractivity contribution in [3.8, 4) is 5.75 Å². The molecule has 0 aliphatic heterocycles. The molecule has 2 aromatic rings. The number of hydrazone groups is 1. The van der Waals surface area contributed by atoms with Gasteiger partial charge >= 0.3 is 0 Å². The van der Waals surface area contributed by atoms with Gasteiger partial charge in [-0.1, -0.05) is 11.6 Å². The van der Waals surface area contributed by atoms with E-state index in [1.54, 1.807) is 18.5 Å². The molecule has 0 saturated carbocycles. The van der Waals surface area contributed by atoms with Crippen molar-refractivity contribution in [2.24, 2.45) is 5.10 Å². The highest BCUT2D eigenvalue weighted by Gasteiger charge is 2.04. The van der Waals surface area contributed by atoms with Crippen LogP contribution in [0.4, 0.5) is 0 Å². The molecule has 0 aliphatic carbocycles. The SMILES string of the molecule is CC(=NNC(=O)CCCOc1ccc(Cl)cc1C)c1ccncc1. The maximum atomic E-state index is 11.8. The van der Waals surface area contributed by atoms with Crippen LogP contribution in [0.2, 0.25) is 5.02 Å². The van der Waals surface area contributed by atoms with Crippen molar-refractivity contribution in [3.63, 3.8) is 0 Å². The van der Waals surface area contributed by atoms with Crippen LogP contribution in [0, 0.1) is 6.92 Å². The lowest BCUT2D eigenvalue weighted by molar-refractivity contribution is -0.121. The second-order valence-electron chi connectivity index (χ2n) is 5.33. The van der Waals surface area contributed by atoms with Gasteiger partial charge in [0.2, 0.25) is 5.91 Å². The lowest BCUT2D eigenvalue weighted by Crippen LogP contribution is -2.19. The summed E-state index contributed by atoms with van der Waals surface area (Å²) in [5.41, 5.74) is 5.19. The van der Waals surface area contributed by atoms with Crippen molar-refractivity contribution in [1.29, 1.82) is 0 Å². The zero-order valence-corrected chi connectivity index (χ0v) is 14.5.